The number of rotatable bonds is 4. The van der Waals surface area contributed by atoms with E-state index in [0.29, 0.717) is 5.57 Å². The first-order valence-corrected chi connectivity index (χ1v) is 5.07. The summed E-state index contributed by atoms with van der Waals surface area (Å²) in [5.41, 5.74) is 1.44. The molecule has 0 unspecified atom stereocenters. The van der Waals surface area contributed by atoms with Crippen LogP contribution in [-0.2, 0) is 0 Å². The first-order chi connectivity index (χ1) is 7.06. The van der Waals surface area contributed by atoms with Crippen molar-refractivity contribution in [3.63, 3.8) is 0 Å². The Morgan fingerprint density at radius 3 is 1.93 bits per heavy atom. The Bertz CT molecular complexity index is 395. The second-order valence-corrected chi connectivity index (χ2v) is 3.69. The third kappa shape index (κ3) is 8.80. The van der Waals surface area contributed by atoms with Gasteiger partial charge in [-0.15, -0.1) is 0 Å². The minimum Gasteiger partial charge on any atom is -0.0991 e. The van der Waals surface area contributed by atoms with E-state index < -0.39 is 0 Å². The van der Waals surface area contributed by atoms with E-state index in [2.05, 4.69) is 54.1 Å². The second kappa shape index (κ2) is 7.84. The number of hydrogen-bond donors (Lipinski definition) is 0. The largest absolute Gasteiger partial charge is 0.0991 e. The van der Waals surface area contributed by atoms with Gasteiger partial charge in [0.05, 0.1) is 0 Å². The summed E-state index contributed by atoms with van der Waals surface area (Å²) in [6.07, 6.45) is 8.83. The summed E-state index contributed by atoms with van der Waals surface area (Å²) in [6.45, 7) is 14.8. The van der Waals surface area contributed by atoms with E-state index in [1.165, 1.54) is 0 Å². The molecule has 0 saturated carbocycles. The van der Waals surface area contributed by atoms with Crippen molar-refractivity contribution < 1.29 is 0 Å². The Morgan fingerprint density at radius 1 is 0.933 bits per heavy atom. The van der Waals surface area contributed by atoms with Gasteiger partial charge in [-0.1, -0.05) is 66.2 Å². The molecule has 76 valence electrons. The summed E-state index contributed by atoms with van der Waals surface area (Å²) in [6, 6.07) is 0. The highest BCUT2D eigenvalue weighted by molar-refractivity contribution is 9.11. The topological polar surface area (TPSA) is 0 Å². The molecule has 0 amide bonds. The average molecular weight is 261 g/mol. The zero-order valence-corrected chi connectivity index (χ0v) is 10.2. The van der Waals surface area contributed by atoms with Gasteiger partial charge in [-0.05, 0) is 18.2 Å². The van der Waals surface area contributed by atoms with Gasteiger partial charge in [0.1, 0.15) is 0 Å². The Hall–Kier alpha value is -1.52. The zero-order valence-electron chi connectivity index (χ0n) is 8.59. The highest BCUT2D eigenvalue weighted by Gasteiger charge is 1.81. The monoisotopic (exact) mass is 260 g/mol. The van der Waals surface area contributed by atoms with Crippen molar-refractivity contribution in [1.29, 1.82) is 0 Å². The van der Waals surface area contributed by atoms with Gasteiger partial charge >= 0.3 is 0 Å². The lowest BCUT2D eigenvalue weighted by Gasteiger charge is -1.86. The maximum Gasteiger partial charge on any atom is 0.0177 e. The molecule has 0 aliphatic carbocycles. The molecule has 0 radical (unpaired) electrons. The van der Waals surface area contributed by atoms with Crippen LogP contribution < -0.4 is 0 Å². The molecule has 0 aliphatic rings. The van der Waals surface area contributed by atoms with E-state index in [-0.39, 0.29) is 0 Å². The molecule has 0 aromatic heterocycles. The van der Waals surface area contributed by atoms with Crippen LogP contribution in [0.2, 0.25) is 0 Å². The van der Waals surface area contributed by atoms with Crippen LogP contribution in [0.4, 0.5) is 0 Å². The predicted molar refractivity (Wildman–Crippen MR) is 72.6 cm³/mol. The van der Waals surface area contributed by atoms with Crippen LogP contribution in [0.1, 0.15) is 0 Å². The van der Waals surface area contributed by atoms with Crippen LogP contribution in [0, 0.1) is 11.8 Å². The maximum absolute atomic E-state index is 3.77. The van der Waals surface area contributed by atoms with Gasteiger partial charge in [0.2, 0.25) is 0 Å². The molecular formula is C14H13Br. The maximum atomic E-state index is 3.77. The lowest BCUT2D eigenvalue weighted by molar-refractivity contribution is 1.77. The first-order valence-electron chi connectivity index (χ1n) is 4.27. The van der Waals surface area contributed by atoms with E-state index in [1.54, 1.807) is 30.4 Å². The molecule has 0 atom stereocenters. The Balaban J connectivity index is 4.35. The molecule has 0 N–H and O–H groups in total. The summed E-state index contributed by atoms with van der Waals surface area (Å²) in [5.74, 6) is 5.73. The summed E-state index contributed by atoms with van der Waals surface area (Å²) >= 11 is 3.21. The molecule has 0 saturated heterocycles. The fourth-order valence-electron chi connectivity index (χ4n) is 0.619. The van der Waals surface area contributed by atoms with Gasteiger partial charge < -0.3 is 0 Å². The second-order valence-electron chi connectivity index (χ2n) is 2.68. The molecule has 0 nitrogen and oxygen atoms in total. The predicted octanol–water partition coefficient (Wildman–Crippen LogP) is 4.31. The molecule has 0 heterocycles. The zero-order chi connectivity index (χ0) is 11.7. The summed E-state index contributed by atoms with van der Waals surface area (Å²) in [5, 5.41) is 0. The molecule has 0 aromatic rings. The Kier molecular flexibility index (Phi) is 7.05. The van der Waals surface area contributed by atoms with Crippen LogP contribution in [0.3, 0.4) is 0 Å². The van der Waals surface area contributed by atoms with E-state index in [0.717, 1.165) is 10.1 Å². The quantitative estimate of drug-likeness (QED) is 0.522. The molecule has 0 fully saturated rings. The number of hydrogen-bond acceptors (Lipinski definition) is 0. The van der Waals surface area contributed by atoms with Crippen molar-refractivity contribution >= 4 is 15.9 Å². The Labute approximate surface area is 100 Å². The van der Waals surface area contributed by atoms with Crippen LogP contribution in [0.25, 0.3) is 0 Å². The number of allylic oxidation sites excluding steroid dienone is 8. The molecule has 0 aliphatic heterocycles. The Morgan fingerprint density at radius 2 is 1.47 bits per heavy atom. The standard InChI is InChI=1S/C14H13Br/c1-5-6-7-12(2)8-9-13(3)10-11-14(4)15/h5-7,10-11H,1-4H2/b7-6-,11-10-. The van der Waals surface area contributed by atoms with Crippen LogP contribution in [-0.4, -0.2) is 0 Å². The van der Waals surface area contributed by atoms with Crippen molar-refractivity contribution in [1.82, 2.24) is 0 Å². The van der Waals surface area contributed by atoms with E-state index in [4.69, 9.17) is 0 Å². The van der Waals surface area contributed by atoms with Crippen LogP contribution in [0.5, 0.6) is 0 Å². The highest BCUT2D eigenvalue weighted by Crippen LogP contribution is 2.04. The van der Waals surface area contributed by atoms with Gasteiger partial charge in [0.25, 0.3) is 0 Å². The van der Waals surface area contributed by atoms with Gasteiger partial charge in [0, 0.05) is 15.6 Å². The highest BCUT2D eigenvalue weighted by atomic mass is 79.9. The normalized spacial score (nSPS) is 9.67. The van der Waals surface area contributed by atoms with Crippen LogP contribution in [0.15, 0.2) is 72.3 Å². The van der Waals surface area contributed by atoms with Crippen LogP contribution >= 0.6 is 15.9 Å². The minimum atomic E-state index is 0.712. The third-order valence-corrected chi connectivity index (χ3v) is 1.55. The lowest BCUT2D eigenvalue weighted by Crippen LogP contribution is -1.71. The van der Waals surface area contributed by atoms with E-state index in [9.17, 15) is 0 Å². The molecule has 0 aromatic carbocycles. The first kappa shape index (κ1) is 13.5. The summed E-state index contributed by atoms with van der Waals surface area (Å²) in [7, 11) is 0. The minimum absolute atomic E-state index is 0.712. The average Bonchev–Trinajstić information content (AvgIpc) is 2.20. The van der Waals surface area contributed by atoms with E-state index >= 15 is 0 Å². The number of halogens is 1. The summed E-state index contributed by atoms with van der Waals surface area (Å²) < 4.78 is 0.788. The smallest absolute Gasteiger partial charge is 0.0177 e. The summed E-state index contributed by atoms with van der Waals surface area (Å²) in [4.78, 5) is 0. The van der Waals surface area contributed by atoms with Crippen molar-refractivity contribution in [3.05, 3.63) is 72.3 Å². The molecule has 0 spiro atoms. The molecule has 1 heteroatoms. The van der Waals surface area contributed by atoms with E-state index in [1.807, 2.05) is 0 Å². The SMILES string of the molecule is C=C/C=C\C(=C)C#CC(=C)/C=C\C(=C)Br. The van der Waals surface area contributed by atoms with Gasteiger partial charge in [0.15, 0.2) is 0 Å². The fourth-order valence-corrected chi connectivity index (χ4v) is 0.751. The molecule has 0 bridgehead atoms. The third-order valence-electron chi connectivity index (χ3n) is 1.28. The van der Waals surface area contributed by atoms with Crippen molar-refractivity contribution in [2.24, 2.45) is 0 Å². The van der Waals surface area contributed by atoms with Gasteiger partial charge in [-0.3, -0.25) is 0 Å². The van der Waals surface area contributed by atoms with Gasteiger partial charge in [-0.2, -0.15) is 0 Å². The molecule has 0 rings (SSSR count). The van der Waals surface area contributed by atoms with Crippen molar-refractivity contribution in [2.45, 2.75) is 0 Å². The lowest BCUT2D eigenvalue weighted by atomic mass is 10.2. The molecular weight excluding hydrogens is 248 g/mol. The fraction of sp³-hybridized carbons (Fsp3) is 0. The van der Waals surface area contributed by atoms with Crippen molar-refractivity contribution in [3.8, 4) is 11.8 Å². The van der Waals surface area contributed by atoms with Crippen molar-refractivity contribution in [2.75, 3.05) is 0 Å². The molecule has 15 heavy (non-hydrogen) atoms. The van der Waals surface area contributed by atoms with Gasteiger partial charge in [-0.25, -0.2) is 0 Å².